The molecular weight excluding hydrogens is 218 g/mol. The number of rotatable bonds is 2. The highest BCUT2D eigenvalue weighted by Crippen LogP contribution is 2.22. The highest BCUT2D eigenvalue weighted by atomic mass is 16.5. The number of nitrogens with zero attached hydrogens (tertiary/aromatic N) is 2. The zero-order valence-corrected chi connectivity index (χ0v) is 10.6. The van der Waals surface area contributed by atoms with Crippen molar-refractivity contribution in [3.8, 4) is 0 Å². The van der Waals surface area contributed by atoms with Gasteiger partial charge in [0.2, 0.25) is 0 Å². The van der Waals surface area contributed by atoms with E-state index in [1.807, 2.05) is 25.8 Å². The Balaban J connectivity index is 2.01. The monoisotopic (exact) mass is 237 g/mol. The second-order valence-corrected chi connectivity index (χ2v) is 5.46. The average Bonchev–Trinajstić information content (AvgIpc) is 2.85. The maximum Gasteiger partial charge on any atom is 0.287 e. The van der Waals surface area contributed by atoms with Gasteiger partial charge in [-0.05, 0) is 12.8 Å². The van der Waals surface area contributed by atoms with E-state index in [1.54, 1.807) is 6.07 Å². The van der Waals surface area contributed by atoms with Crippen LogP contribution in [-0.2, 0) is 5.41 Å². The molecule has 5 heteroatoms. The zero-order valence-electron chi connectivity index (χ0n) is 10.6. The standard InChI is InChI=1S/C12H19N3O2/c1-12(2,3)10-8-9(14-17-10)11(16)13-15-6-4-5-7-15/h8H,4-7H2,1-3H3,(H,13,16). The normalized spacial score (nSPS) is 17.4. The molecule has 1 saturated heterocycles. The van der Waals surface area contributed by atoms with E-state index in [9.17, 15) is 4.79 Å². The first kappa shape index (κ1) is 12.1. The van der Waals surface area contributed by atoms with Crippen molar-refractivity contribution in [2.45, 2.75) is 39.0 Å². The molecule has 0 radical (unpaired) electrons. The maximum absolute atomic E-state index is 11.9. The number of hydrogen-bond donors (Lipinski definition) is 1. The van der Waals surface area contributed by atoms with Crippen molar-refractivity contribution in [1.29, 1.82) is 0 Å². The van der Waals surface area contributed by atoms with Gasteiger partial charge in [0.1, 0.15) is 5.76 Å². The molecule has 0 atom stereocenters. The van der Waals surface area contributed by atoms with Gasteiger partial charge in [-0.1, -0.05) is 25.9 Å². The van der Waals surface area contributed by atoms with Gasteiger partial charge in [-0.2, -0.15) is 0 Å². The van der Waals surface area contributed by atoms with Gasteiger partial charge in [0.25, 0.3) is 5.91 Å². The van der Waals surface area contributed by atoms with E-state index in [-0.39, 0.29) is 11.3 Å². The van der Waals surface area contributed by atoms with E-state index in [2.05, 4.69) is 10.6 Å². The second-order valence-electron chi connectivity index (χ2n) is 5.46. The summed E-state index contributed by atoms with van der Waals surface area (Å²) in [6.45, 7) is 7.90. The highest BCUT2D eigenvalue weighted by Gasteiger charge is 2.23. The van der Waals surface area contributed by atoms with Crippen LogP contribution in [0.2, 0.25) is 0 Å². The van der Waals surface area contributed by atoms with Crippen LogP contribution in [0, 0.1) is 0 Å². The number of hydrogen-bond acceptors (Lipinski definition) is 4. The minimum Gasteiger partial charge on any atom is -0.360 e. The van der Waals surface area contributed by atoms with Crippen molar-refractivity contribution in [2.24, 2.45) is 0 Å². The van der Waals surface area contributed by atoms with Gasteiger partial charge >= 0.3 is 0 Å². The Kier molecular flexibility index (Phi) is 3.19. The van der Waals surface area contributed by atoms with Crippen LogP contribution in [0.15, 0.2) is 10.6 Å². The van der Waals surface area contributed by atoms with Crippen LogP contribution in [0.5, 0.6) is 0 Å². The van der Waals surface area contributed by atoms with E-state index < -0.39 is 0 Å². The minimum absolute atomic E-state index is 0.126. The van der Waals surface area contributed by atoms with Crippen LogP contribution in [0.1, 0.15) is 49.9 Å². The third-order valence-corrected chi connectivity index (χ3v) is 2.85. The molecule has 2 rings (SSSR count). The predicted octanol–water partition coefficient (Wildman–Crippen LogP) is 1.71. The van der Waals surface area contributed by atoms with Gasteiger partial charge in [0, 0.05) is 24.6 Å². The maximum atomic E-state index is 11.9. The summed E-state index contributed by atoms with van der Waals surface area (Å²) in [5.41, 5.74) is 3.05. The summed E-state index contributed by atoms with van der Waals surface area (Å²) in [6.07, 6.45) is 2.26. The summed E-state index contributed by atoms with van der Waals surface area (Å²) < 4.78 is 5.19. The Morgan fingerprint density at radius 3 is 2.59 bits per heavy atom. The van der Waals surface area contributed by atoms with Gasteiger partial charge in [-0.3, -0.25) is 10.2 Å². The third-order valence-electron chi connectivity index (χ3n) is 2.85. The van der Waals surface area contributed by atoms with Crippen molar-refractivity contribution in [1.82, 2.24) is 15.6 Å². The van der Waals surface area contributed by atoms with Crippen LogP contribution in [0.3, 0.4) is 0 Å². The number of nitrogens with one attached hydrogen (secondary N) is 1. The molecule has 94 valence electrons. The van der Waals surface area contributed by atoms with E-state index in [1.165, 1.54) is 0 Å². The lowest BCUT2D eigenvalue weighted by atomic mass is 9.93. The van der Waals surface area contributed by atoms with Crippen molar-refractivity contribution in [3.05, 3.63) is 17.5 Å². The summed E-state index contributed by atoms with van der Waals surface area (Å²) in [7, 11) is 0. The molecule has 1 N–H and O–H groups in total. The van der Waals surface area contributed by atoms with Gasteiger partial charge in [0.15, 0.2) is 5.69 Å². The van der Waals surface area contributed by atoms with Crippen molar-refractivity contribution in [3.63, 3.8) is 0 Å². The van der Waals surface area contributed by atoms with Gasteiger partial charge in [0.05, 0.1) is 0 Å². The molecule has 0 saturated carbocycles. The molecule has 0 aromatic carbocycles. The molecule has 1 aromatic rings. The number of aromatic nitrogens is 1. The zero-order chi connectivity index (χ0) is 12.5. The molecule has 0 bridgehead atoms. The van der Waals surface area contributed by atoms with Crippen LogP contribution < -0.4 is 5.43 Å². The Bertz CT molecular complexity index is 400. The molecular formula is C12H19N3O2. The molecule has 17 heavy (non-hydrogen) atoms. The Morgan fingerprint density at radius 2 is 2.06 bits per heavy atom. The molecule has 0 unspecified atom stereocenters. The summed E-state index contributed by atoms with van der Waals surface area (Å²) in [5, 5.41) is 5.74. The van der Waals surface area contributed by atoms with Crippen LogP contribution in [0.4, 0.5) is 0 Å². The molecule has 1 amide bonds. The molecule has 2 heterocycles. The fourth-order valence-corrected chi connectivity index (χ4v) is 1.77. The lowest BCUT2D eigenvalue weighted by Crippen LogP contribution is -2.40. The smallest absolute Gasteiger partial charge is 0.287 e. The Labute approximate surface area is 101 Å². The Hall–Kier alpha value is -1.36. The van der Waals surface area contributed by atoms with Gasteiger partial charge in [-0.15, -0.1) is 0 Å². The lowest BCUT2D eigenvalue weighted by Gasteiger charge is -2.14. The first-order valence-electron chi connectivity index (χ1n) is 6.00. The SMILES string of the molecule is CC(C)(C)c1cc(C(=O)NN2CCCC2)no1. The summed E-state index contributed by atoms with van der Waals surface area (Å²) in [5.74, 6) is 0.537. The Morgan fingerprint density at radius 1 is 1.41 bits per heavy atom. The number of carbonyl (C=O) groups is 1. The van der Waals surface area contributed by atoms with Gasteiger partial charge < -0.3 is 4.52 Å². The van der Waals surface area contributed by atoms with E-state index >= 15 is 0 Å². The van der Waals surface area contributed by atoms with Gasteiger partial charge in [-0.25, -0.2) is 5.01 Å². The fourth-order valence-electron chi connectivity index (χ4n) is 1.77. The summed E-state index contributed by atoms with van der Waals surface area (Å²) >= 11 is 0. The quantitative estimate of drug-likeness (QED) is 0.850. The predicted molar refractivity (Wildman–Crippen MR) is 63.5 cm³/mol. The van der Waals surface area contributed by atoms with Crippen molar-refractivity contribution >= 4 is 5.91 Å². The summed E-state index contributed by atoms with van der Waals surface area (Å²) in [6, 6.07) is 1.71. The highest BCUT2D eigenvalue weighted by molar-refractivity contribution is 5.91. The van der Waals surface area contributed by atoms with E-state index in [0.717, 1.165) is 31.7 Å². The van der Waals surface area contributed by atoms with Crippen molar-refractivity contribution < 1.29 is 9.32 Å². The molecule has 0 aliphatic carbocycles. The minimum atomic E-state index is -0.189. The van der Waals surface area contributed by atoms with E-state index in [0.29, 0.717) is 5.69 Å². The van der Waals surface area contributed by atoms with Crippen LogP contribution in [0.25, 0.3) is 0 Å². The lowest BCUT2D eigenvalue weighted by molar-refractivity contribution is 0.0816. The van der Waals surface area contributed by atoms with Crippen molar-refractivity contribution in [2.75, 3.05) is 13.1 Å². The van der Waals surface area contributed by atoms with E-state index in [4.69, 9.17) is 4.52 Å². The molecule has 1 aliphatic heterocycles. The molecule has 1 aliphatic rings. The first-order valence-corrected chi connectivity index (χ1v) is 6.00. The van der Waals surface area contributed by atoms with Crippen LogP contribution in [-0.4, -0.2) is 29.2 Å². The average molecular weight is 237 g/mol. The topological polar surface area (TPSA) is 58.4 Å². The first-order chi connectivity index (χ1) is 7.97. The second kappa shape index (κ2) is 4.49. The number of carbonyl (C=O) groups excluding carboxylic acids is 1. The molecule has 1 fully saturated rings. The number of amides is 1. The van der Waals surface area contributed by atoms with Crippen LogP contribution >= 0.6 is 0 Å². The summed E-state index contributed by atoms with van der Waals surface area (Å²) in [4.78, 5) is 11.9. The third kappa shape index (κ3) is 2.85. The molecule has 0 spiro atoms. The fraction of sp³-hybridized carbons (Fsp3) is 0.667. The largest absolute Gasteiger partial charge is 0.360 e. The number of hydrazine groups is 1. The molecule has 5 nitrogen and oxygen atoms in total. The molecule has 1 aromatic heterocycles.